The van der Waals surface area contributed by atoms with E-state index < -0.39 is 23.3 Å². The molecule has 0 bridgehead atoms. The van der Waals surface area contributed by atoms with Crippen molar-refractivity contribution in [2.45, 2.75) is 38.0 Å². The minimum Gasteiger partial charge on any atom is -0.391 e. The molecular weight excluding hydrogens is 423 g/mol. The highest BCUT2D eigenvalue weighted by Gasteiger charge is 2.28. The number of rotatable bonds is 5. The zero-order valence-corrected chi connectivity index (χ0v) is 17.8. The van der Waals surface area contributed by atoms with Crippen LogP contribution in [0.1, 0.15) is 35.2 Å². The fourth-order valence-electron chi connectivity index (χ4n) is 4.43. The van der Waals surface area contributed by atoms with Gasteiger partial charge in [-0.15, -0.1) is 0 Å². The lowest BCUT2D eigenvalue weighted by atomic mass is 10.1. The lowest BCUT2D eigenvalue weighted by Gasteiger charge is -2.18. The van der Waals surface area contributed by atoms with Crippen LogP contribution in [-0.2, 0) is 6.54 Å². The number of nitrogens with zero attached hydrogens (tertiary/aromatic N) is 3. The number of carbonyl (C=O) groups excluding carboxylic acids is 1. The first-order valence-electron chi connectivity index (χ1n) is 10.9. The van der Waals surface area contributed by atoms with Crippen molar-refractivity contribution in [1.82, 2.24) is 19.7 Å². The van der Waals surface area contributed by atoms with Crippen molar-refractivity contribution in [3.8, 4) is 5.69 Å². The molecular formula is C25H23FN4O3. The second-order valence-corrected chi connectivity index (χ2v) is 8.33. The van der Waals surface area contributed by atoms with Crippen LogP contribution >= 0.6 is 0 Å². The minimum absolute atomic E-state index is 0.0691. The third-order valence-electron chi connectivity index (χ3n) is 6.15. The highest BCUT2D eigenvalue weighted by molar-refractivity contribution is 5.97. The number of nitrogens with one attached hydrogen (secondary N) is 1. The number of hydrogen-bond acceptors (Lipinski definition) is 4. The van der Waals surface area contributed by atoms with Gasteiger partial charge in [0, 0.05) is 30.5 Å². The summed E-state index contributed by atoms with van der Waals surface area (Å²) in [5.41, 5.74) is 1.31. The van der Waals surface area contributed by atoms with E-state index in [-0.39, 0.29) is 29.1 Å². The molecule has 4 aromatic rings. The fourth-order valence-corrected chi connectivity index (χ4v) is 4.43. The Bertz CT molecular complexity index is 1360. The molecule has 1 aliphatic rings. The Morgan fingerprint density at radius 1 is 1.15 bits per heavy atom. The standard InChI is InChI=1S/C25H23FN4O3/c26-20-5-1-4-18-23(20)29(14-16-8-10-17(11-9-16)30-13-3-12-27-30)15-19(24(18)32)25(33)28-21-6-2-7-22(21)31/h1,3-5,8-13,15,21-22,31H,2,6-7,14H2,(H,28,33). The van der Waals surface area contributed by atoms with Gasteiger partial charge in [0.2, 0.25) is 5.43 Å². The van der Waals surface area contributed by atoms with Crippen LogP contribution in [0.5, 0.6) is 0 Å². The van der Waals surface area contributed by atoms with Crippen molar-refractivity contribution in [2.24, 2.45) is 0 Å². The van der Waals surface area contributed by atoms with Crippen LogP contribution in [0.4, 0.5) is 4.39 Å². The van der Waals surface area contributed by atoms with Gasteiger partial charge in [0.25, 0.3) is 5.91 Å². The molecule has 1 saturated carbocycles. The van der Waals surface area contributed by atoms with E-state index in [4.69, 9.17) is 0 Å². The molecule has 5 rings (SSSR count). The quantitative estimate of drug-likeness (QED) is 0.493. The summed E-state index contributed by atoms with van der Waals surface area (Å²) in [6.07, 6.45) is 6.41. The van der Waals surface area contributed by atoms with Crippen LogP contribution in [0, 0.1) is 5.82 Å². The van der Waals surface area contributed by atoms with E-state index in [1.807, 2.05) is 36.5 Å². The molecule has 2 atom stereocenters. The molecule has 2 aromatic carbocycles. The number of carbonyl (C=O) groups is 1. The van der Waals surface area contributed by atoms with Crippen molar-refractivity contribution < 1.29 is 14.3 Å². The molecule has 2 heterocycles. The second kappa shape index (κ2) is 8.63. The maximum Gasteiger partial charge on any atom is 0.257 e. The van der Waals surface area contributed by atoms with Gasteiger partial charge < -0.3 is 15.0 Å². The zero-order chi connectivity index (χ0) is 22.9. The summed E-state index contributed by atoms with van der Waals surface area (Å²) in [7, 11) is 0. The highest BCUT2D eigenvalue weighted by Crippen LogP contribution is 2.21. The van der Waals surface area contributed by atoms with E-state index in [9.17, 15) is 19.1 Å². The molecule has 0 aliphatic heterocycles. The van der Waals surface area contributed by atoms with Crippen molar-refractivity contribution in [3.05, 3.63) is 94.3 Å². The number of pyridine rings is 1. The molecule has 0 spiro atoms. The molecule has 0 saturated heterocycles. The number of aliphatic hydroxyl groups is 1. The Morgan fingerprint density at radius 2 is 1.97 bits per heavy atom. The van der Waals surface area contributed by atoms with Crippen LogP contribution in [0.2, 0.25) is 0 Å². The molecule has 168 valence electrons. The normalized spacial score (nSPS) is 18.0. The highest BCUT2D eigenvalue weighted by atomic mass is 19.1. The number of amides is 1. The molecule has 2 N–H and O–H groups in total. The Labute approximate surface area is 189 Å². The van der Waals surface area contributed by atoms with E-state index in [1.165, 1.54) is 24.4 Å². The number of aliphatic hydroxyl groups excluding tert-OH is 1. The van der Waals surface area contributed by atoms with Crippen LogP contribution < -0.4 is 10.7 Å². The van der Waals surface area contributed by atoms with E-state index in [2.05, 4.69) is 10.4 Å². The average Bonchev–Trinajstić information content (AvgIpc) is 3.49. The molecule has 2 unspecified atom stereocenters. The molecule has 1 aliphatic carbocycles. The summed E-state index contributed by atoms with van der Waals surface area (Å²) >= 11 is 0. The van der Waals surface area contributed by atoms with E-state index >= 15 is 0 Å². The maximum absolute atomic E-state index is 14.8. The van der Waals surface area contributed by atoms with E-state index in [1.54, 1.807) is 15.4 Å². The molecule has 1 amide bonds. The largest absolute Gasteiger partial charge is 0.391 e. The number of para-hydroxylation sites is 1. The van der Waals surface area contributed by atoms with Gasteiger partial charge in [-0.3, -0.25) is 9.59 Å². The molecule has 2 aromatic heterocycles. The number of halogens is 1. The molecule has 7 nitrogen and oxygen atoms in total. The van der Waals surface area contributed by atoms with Gasteiger partial charge in [0.15, 0.2) is 0 Å². The summed E-state index contributed by atoms with van der Waals surface area (Å²) in [5.74, 6) is -1.09. The van der Waals surface area contributed by atoms with Gasteiger partial charge in [-0.25, -0.2) is 9.07 Å². The Balaban J connectivity index is 1.52. The number of aromatic nitrogens is 3. The van der Waals surface area contributed by atoms with Gasteiger partial charge in [-0.1, -0.05) is 18.2 Å². The average molecular weight is 446 g/mol. The van der Waals surface area contributed by atoms with Gasteiger partial charge in [0.05, 0.1) is 23.3 Å². The van der Waals surface area contributed by atoms with E-state index in [0.717, 1.165) is 17.7 Å². The molecule has 8 heteroatoms. The third kappa shape index (κ3) is 4.05. The van der Waals surface area contributed by atoms with Crippen LogP contribution in [0.3, 0.4) is 0 Å². The maximum atomic E-state index is 14.8. The summed E-state index contributed by atoms with van der Waals surface area (Å²) in [5, 5.41) is 17.2. The van der Waals surface area contributed by atoms with Crippen molar-refractivity contribution >= 4 is 16.8 Å². The summed E-state index contributed by atoms with van der Waals surface area (Å²) in [6.45, 7) is 0.267. The van der Waals surface area contributed by atoms with Crippen molar-refractivity contribution in [3.63, 3.8) is 0 Å². The first-order valence-corrected chi connectivity index (χ1v) is 10.9. The molecule has 33 heavy (non-hydrogen) atoms. The first kappa shape index (κ1) is 21.1. The lowest BCUT2D eigenvalue weighted by Crippen LogP contribution is -2.41. The van der Waals surface area contributed by atoms with Gasteiger partial charge >= 0.3 is 0 Å². The number of hydrogen-bond donors (Lipinski definition) is 2. The van der Waals surface area contributed by atoms with Crippen LogP contribution in [0.25, 0.3) is 16.6 Å². The smallest absolute Gasteiger partial charge is 0.257 e. The third-order valence-corrected chi connectivity index (χ3v) is 6.15. The zero-order valence-electron chi connectivity index (χ0n) is 17.8. The SMILES string of the molecule is O=C(NC1CCCC1O)c1cn(Cc2ccc(-n3cccn3)cc2)c2c(F)cccc2c1=O. The first-order chi connectivity index (χ1) is 16.0. The van der Waals surface area contributed by atoms with Crippen molar-refractivity contribution in [2.75, 3.05) is 0 Å². The fraction of sp³-hybridized carbons (Fsp3) is 0.240. The Morgan fingerprint density at radius 3 is 2.67 bits per heavy atom. The molecule has 1 fully saturated rings. The minimum atomic E-state index is -0.623. The Kier molecular flexibility index (Phi) is 5.51. The summed E-state index contributed by atoms with van der Waals surface area (Å²) < 4.78 is 18.1. The predicted molar refractivity (Wildman–Crippen MR) is 122 cm³/mol. The van der Waals surface area contributed by atoms with E-state index in [0.29, 0.717) is 12.8 Å². The van der Waals surface area contributed by atoms with Gasteiger partial charge in [-0.2, -0.15) is 5.10 Å². The molecule has 0 radical (unpaired) electrons. The topological polar surface area (TPSA) is 89.2 Å². The predicted octanol–water partition coefficient (Wildman–Crippen LogP) is 3.02. The second-order valence-electron chi connectivity index (χ2n) is 8.33. The number of benzene rings is 2. The Hall–Kier alpha value is -3.78. The van der Waals surface area contributed by atoms with Gasteiger partial charge in [-0.05, 0) is 55.2 Å². The summed E-state index contributed by atoms with van der Waals surface area (Å²) in [6, 6.07) is 13.3. The van der Waals surface area contributed by atoms with Crippen LogP contribution in [-0.4, -0.2) is 37.5 Å². The van der Waals surface area contributed by atoms with Crippen molar-refractivity contribution in [1.29, 1.82) is 0 Å². The number of fused-ring (bicyclic) bond motifs is 1. The lowest BCUT2D eigenvalue weighted by molar-refractivity contribution is 0.0871. The van der Waals surface area contributed by atoms with Gasteiger partial charge in [0.1, 0.15) is 11.4 Å². The monoisotopic (exact) mass is 446 g/mol. The van der Waals surface area contributed by atoms with Crippen LogP contribution in [0.15, 0.2) is 71.9 Å². The summed E-state index contributed by atoms with van der Waals surface area (Å²) in [4.78, 5) is 26.0.